The second-order valence-electron chi connectivity index (χ2n) is 3.92. The fraction of sp³-hybridized carbons (Fsp3) is 0.500. The van der Waals surface area contributed by atoms with Gasteiger partial charge in [0.15, 0.2) is 0 Å². The number of rotatable bonds is 5. The zero-order chi connectivity index (χ0) is 11.1. The predicted octanol–water partition coefficient (Wildman–Crippen LogP) is 3.97. The van der Waals surface area contributed by atoms with Gasteiger partial charge >= 0.3 is 0 Å². The summed E-state index contributed by atoms with van der Waals surface area (Å²) in [6.45, 7) is 4.16. The lowest BCUT2D eigenvalue weighted by Gasteiger charge is -2.03. The molecule has 1 nitrogen and oxygen atoms in total. The van der Waals surface area contributed by atoms with Crippen LogP contribution >= 0.6 is 0 Å². The summed E-state index contributed by atoms with van der Waals surface area (Å²) >= 11 is 0. The first-order valence-corrected chi connectivity index (χ1v) is 5.83. The van der Waals surface area contributed by atoms with Crippen LogP contribution in [0.5, 0.6) is 0 Å². The minimum atomic E-state index is 0.919. The van der Waals surface area contributed by atoms with E-state index >= 15 is 0 Å². The van der Waals surface area contributed by atoms with Gasteiger partial charge in [0.05, 0.1) is 0 Å². The Morgan fingerprint density at radius 1 is 1.40 bits per heavy atom. The van der Waals surface area contributed by atoms with E-state index in [1.165, 1.54) is 17.6 Å². The fourth-order valence-corrected chi connectivity index (χ4v) is 2.02. The molecule has 1 aliphatic rings. The minimum absolute atomic E-state index is 0.919. The highest BCUT2D eigenvalue weighted by Crippen LogP contribution is 2.31. The van der Waals surface area contributed by atoms with Crippen molar-refractivity contribution in [1.82, 2.24) is 0 Å². The Kier molecular flexibility index (Phi) is 5.09. The average Bonchev–Trinajstić information content (AvgIpc) is 2.68. The van der Waals surface area contributed by atoms with Crippen LogP contribution in [-0.4, -0.2) is 6.29 Å². The van der Waals surface area contributed by atoms with Crippen LogP contribution in [0.15, 0.2) is 34.9 Å². The van der Waals surface area contributed by atoms with E-state index in [4.69, 9.17) is 0 Å². The molecule has 15 heavy (non-hydrogen) atoms. The van der Waals surface area contributed by atoms with Crippen molar-refractivity contribution in [3.05, 3.63) is 34.9 Å². The molecule has 0 saturated heterocycles. The van der Waals surface area contributed by atoms with Crippen LogP contribution in [0.2, 0.25) is 0 Å². The molecule has 0 N–H and O–H groups in total. The van der Waals surface area contributed by atoms with Crippen LogP contribution < -0.4 is 0 Å². The zero-order valence-corrected chi connectivity index (χ0v) is 9.75. The van der Waals surface area contributed by atoms with Crippen molar-refractivity contribution in [2.45, 2.75) is 46.0 Å². The van der Waals surface area contributed by atoms with Crippen molar-refractivity contribution in [3.63, 3.8) is 0 Å². The number of hydrogen-bond donors (Lipinski definition) is 0. The van der Waals surface area contributed by atoms with Gasteiger partial charge in [0.25, 0.3) is 0 Å². The van der Waals surface area contributed by atoms with Crippen LogP contribution in [0.4, 0.5) is 0 Å². The molecule has 0 saturated carbocycles. The van der Waals surface area contributed by atoms with Crippen LogP contribution in [0.3, 0.4) is 0 Å². The molecule has 0 aliphatic heterocycles. The molecule has 1 aliphatic carbocycles. The molecule has 0 amide bonds. The summed E-state index contributed by atoms with van der Waals surface area (Å²) in [7, 11) is 0. The van der Waals surface area contributed by atoms with E-state index in [1.807, 2.05) is 6.92 Å². The summed E-state index contributed by atoms with van der Waals surface area (Å²) in [4.78, 5) is 11.0. The van der Waals surface area contributed by atoms with Gasteiger partial charge in [-0.15, -0.1) is 0 Å². The summed E-state index contributed by atoms with van der Waals surface area (Å²) in [6, 6.07) is 0. The third-order valence-electron chi connectivity index (χ3n) is 2.76. The lowest BCUT2D eigenvalue weighted by atomic mass is 10.0. The van der Waals surface area contributed by atoms with Crippen LogP contribution in [0.25, 0.3) is 0 Å². The maximum absolute atomic E-state index is 11.0. The molecule has 1 rings (SSSR count). The van der Waals surface area contributed by atoms with E-state index in [9.17, 15) is 4.79 Å². The number of carbonyl (C=O) groups excluding carboxylic acids is 1. The van der Waals surface area contributed by atoms with Crippen molar-refractivity contribution in [3.8, 4) is 0 Å². The Hall–Kier alpha value is -1.11. The predicted molar refractivity (Wildman–Crippen MR) is 64.7 cm³/mol. The maximum Gasteiger partial charge on any atom is 0.150 e. The first kappa shape index (κ1) is 12.0. The highest BCUT2D eigenvalue weighted by molar-refractivity contribution is 5.81. The van der Waals surface area contributed by atoms with Crippen molar-refractivity contribution >= 4 is 6.29 Å². The molecule has 0 bridgehead atoms. The highest BCUT2D eigenvalue weighted by atomic mass is 16.1. The summed E-state index contributed by atoms with van der Waals surface area (Å²) in [6.07, 6.45) is 12.8. The molecule has 0 atom stereocenters. The van der Waals surface area contributed by atoms with Gasteiger partial charge in [-0.1, -0.05) is 31.6 Å². The average molecular weight is 204 g/mol. The topological polar surface area (TPSA) is 17.1 Å². The molecular weight excluding hydrogens is 184 g/mol. The van der Waals surface area contributed by atoms with Gasteiger partial charge in [-0.05, 0) is 43.8 Å². The maximum atomic E-state index is 11.0. The van der Waals surface area contributed by atoms with E-state index < -0.39 is 0 Å². The van der Waals surface area contributed by atoms with Crippen LogP contribution in [0, 0.1) is 0 Å². The van der Waals surface area contributed by atoms with Crippen molar-refractivity contribution in [2.75, 3.05) is 0 Å². The Morgan fingerprint density at radius 2 is 2.20 bits per heavy atom. The first-order valence-electron chi connectivity index (χ1n) is 5.83. The molecule has 0 radical (unpaired) electrons. The van der Waals surface area contributed by atoms with Crippen molar-refractivity contribution in [1.29, 1.82) is 0 Å². The monoisotopic (exact) mass is 204 g/mol. The molecule has 0 unspecified atom stereocenters. The smallest absolute Gasteiger partial charge is 0.150 e. The molecular formula is C14H20O. The number of unbranched alkanes of at least 4 members (excludes halogenated alkanes) is 1. The molecule has 82 valence electrons. The quantitative estimate of drug-likeness (QED) is 0.489. The molecule has 1 heteroatoms. The van der Waals surface area contributed by atoms with Gasteiger partial charge in [0, 0.05) is 5.57 Å². The fourth-order valence-electron chi connectivity index (χ4n) is 2.02. The van der Waals surface area contributed by atoms with Crippen molar-refractivity contribution < 1.29 is 4.79 Å². The Balaban J connectivity index is 2.91. The van der Waals surface area contributed by atoms with Gasteiger partial charge < -0.3 is 0 Å². The van der Waals surface area contributed by atoms with Crippen LogP contribution in [-0.2, 0) is 4.79 Å². The van der Waals surface area contributed by atoms with E-state index in [1.54, 1.807) is 0 Å². The lowest BCUT2D eigenvalue weighted by Crippen LogP contribution is -1.91. The molecule has 0 aromatic carbocycles. The summed E-state index contributed by atoms with van der Waals surface area (Å²) < 4.78 is 0. The highest BCUT2D eigenvalue weighted by Gasteiger charge is 2.15. The van der Waals surface area contributed by atoms with Gasteiger partial charge in [0.1, 0.15) is 6.29 Å². The summed E-state index contributed by atoms with van der Waals surface area (Å²) in [5.74, 6) is 0. The van der Waals surface area contributed by atoms with Crippen molar-refractivity contribution in [2.24, 2.45) is 0 Å². The third kappa shape index (κ3) is 3.19. The van der Waals surface area contributed by atoms with Gasteiger partial charge in [0.2, 0.25) is 0 Å². The van der Waals surface area contributed by atoms with E-state index in [0.717, 1.165) is 37.5 Å². The first-order chi connectivity index (χ1) is 7.33. The molecule has 0 heterocycles. The van der Waals surface area contributed by atoms with E-state index in [-0.39, 0.29) is 0 Å². The number of allylic oxidation sites excluding steroid dienone is 6. The molecule has 0 spiro atoms. The molecule has 0 aromatic rings. The summed E-state index contributed by atoms with van der Waals surface area (Å²) in [5, 5.41) is 0. The van der Waals surface area contributed by atoms with Gasteiger partial charge in [-0.2, -0.15) is 0 Å². The number of aldehydes is 1. The van der Waals surface area contributed by atoms with E-state index in [0.29, 0.717) is 0 Å². The molecule has 0 fully saturated rings. The Labute approximate surface area is 92.6 Å². The minimum Gasteiger partial charge on any atom is -0.298 e. The SMILES string of the molecule is C/C=C\C1=C(C(/C=O)=C/CCC)CCC1. The number of hydrogen-bond acceptors (Lipinski definition) is 1. The van der Waals surface area contributed by atoms with Gasteiger partial charge in [-0.3, -0.25) is 4.79 Å². The Morgan fingerprint density at radius 3 is 2.80 bits per heavy atom. The standard InChI is InChI=1S/C14H20O/c1-3-5-8-13(11-15)14-10-6-9-12(14)7-4-2/h4,7-8,11H,3,5-6,9-10H2,1-2H3/b7-4-,13-8+. The molecule has 0 aromatic heterocycles. The lowest BCUT2D eigenvalue weighted by molar-refractivity contribution is -0.104. The zero-order valence-electron chi connectivity index (χ0n) is 9.75. The second-order valence-corrected chi connectivity index (χ2v) is 3.92. The van der Waals surface area contributed by atoms with Gasteiger partial charge in [-0.25, -0.2) is 0 Å². The second kappa shape index (κ2) is 6.39. The normalized spacial score (nSPS) is 17.9. The largest absolute Gasteiger partial charge is 0.298 e. The Bertz CT molecular complexity index is 305. The third-order valence-corrected chi connectivity index (χ3v) is 2.76. The van der Waals surface area contributed by atoms with E-state index in [2.05, 4.69) is 25.2 Å². The number of carbonyl (C=O) groups is 1. The summed E-state index contributed by atoms with van der Waals surface area (Å²) in [5.41, 5.74) is 3.55. The van der Waals surface area contributed by atoms with Crippen LogP contribution in [0.1, 0.15) is 46.0 Å².